The molecule has 0 aliphatic rings. The molecule has 0 saturated heterocycles. The van der Waals surface area contributed by atoms with E-state index in [-0.39, 0.29) is 0 Å². The highest BCUT2D eigenvalue weighted by Gasteiger charge is 3.01. The average Bonchev–Trinajstić information content (AvgIpc) is 2.41. The average molecular weight is 490 g/mol. The first-order valence-corrected chi connectivity index (χ1v) is 5.68. The first-order chi connectivity index (χ1) is 12.0. The van der Waals surface area contributed by atoms with Gasteiger partial charge in [0.15, 0.2) is 0 Å². The van der Waals surface area contributed by atoms with Crippen LogP contribution in [0.25, 0.3) is 0 Å². The van der Waals surface area contributed by atoms with Gasteiger partial charge in [0.2, 0.25) is 0 Å². The highest BCUT2D eigenvalue weighted by atomic mass is 19.5. The number of halogens is 20. The van der Waals surface area contributed by atoms with Crippen LogP contribution in [0, 0.1) is 0 Å². The Morgan fingerprint density at radius 2 is 0.586 bits per heavy atom. The first-order valence-electron chi connectivity index (χ1n) is 5.68. The van der Waals surface area contributed by atoms with Crippen molar-refractivity contribution in [3.05, 3.63) is 0 Å². The van der Waals surface area contributed by atoms with E-state index in [4.69, 9.17) is 0 Å². The van der Waals surface area contributed by atoms with E-state index >= 15 is 0 Å². The summed E-state index contributed by atoms with van der Waals surface area (Å²) in [6, 6.07) is -9.14. The third kappa shape index (κ3) is 3.22. The quantitative estimate of drug-likeness (QED) is 0.237. The van der Waals surface area contributed by atoms with Crippen molar-refractivity contribution in [2.75, 3.05) is 0 Å². The summed E-state index contributed by atoms with van der Waals surface area (Å²) in [5.41, 5.74) is 0. The van der Waals surface area contributed by atoms with Crippen LogP contribution in [0.1, 0.15) is 0 Å². The van der Waals surface area contributed by atoms with Gasteiger partial charge in [-0.2, -0.15) is 48.3 Å². The zero-order chi connectivity index (χ0) is 24.5. The molecule has 0 N–H and O–H groups in total. The minimum atomic E-state index is -9.14. The number of nitrogens with zero attached hydrogens (tertiary/aromatic N) is 1. The summed E-state index contributed by atoms with van der Waals surface area (Å²) in [4.78, 5) is 0. The molecule has 0 rings (SSSR count). The highest BCUT2D eigenvalue weighted by Crippen LogP contribution is 2.64. The van der Waals surface area contributed by atoms with E-state index in [1.54, 1.807) is 0 Å². The molecule has 176 valence electrons. The number of quaternary nitrogens is 1. The summed E-state index contributed by atoms with van der Waals surface area (Å²) >= 11 is 0. The SMILES string of the molecule is FC(F)(F)C(F)(F)C(F)(F)C(F)(F)C(F)(F)C(F)(F)[N+](F)(C(F)(F)F)C(F)(F)F. The van der Waals surface area contributed by atoms with Crippen LogP contribution in [0.2, 0.25) is 0 Å². The lowest BCUT2D eigenvalue weighted by Gasteiger charge is -2.42. The maximum Gasteiger partial charge on any atom is 0.611 e. The van der Waals surface area contributed by atoms with Gasteiger partial charge in [0.1, 0.15) is 4.71 Å². The smallest absolute Gasteiger partial charge is 0.192 e. The predicted molar refractivity (Wildman–Crippen MR) is 44.3 cm³/mol. The monoisotopic (exact) mass is 490 g/mol. The van der Waals surface area contributed by atoms with Crippen LogP contribution in [-0.4, -0.2) is 53.2 Å². The molecule has 0 saturated carbocycles. The minimum absolute atomic E-state index is 7.91. The molecule has 0 aromatic rings. The molecule has 1 nitrogen and oxygen atoms in total. The zero-order valence-corrected chi connectivity index (χ0v) is 12.0. The number of hydrogen-bond acceptors (Lipinski definition) is 0. The Labute approximate surface area is 143 Å². The van der Waals surface area contributed by atoms with Gasteiger partial charge in [0, 0.05) is 4.48 Å². The Kier molecular flexibility index (Phi) is 5.97. The van der Waals surface area contributed by atoms with Crippen molar-refractivity contribution in [1.82, 2.24) is 0 Å². The van der Waals surface area contributed by atoms with Crippen LogP contribution < -0.4 is 0 Å². The largest absolute Gasteiger partial charge is 0.611 e. The molecular formula is C8F20N+. The normalized spacial score (nSPS) is 17.0. The van der Waals surface area contributed by atoms with Crippen LogP contribution in [0.5, 0.6) is 0 Å². The number of alkyl halides is 19. The molecule has 29 heavy (non-hydrogen) atoms. The second-order valence-corrected chi connectivity index (χ2v) is 4.86. The minimum Gasteiger partial charge on any atom is -0.192 e. The maximum absolute atomic E-state index is 13.0. The lowest BCUT2D eigenvalue weighted by molar-refractivity contribution is -1.26. The van der Waals surface area contributed by atoms with Crippen LogP contribution in [0.4, 0.5) is 87.9 Å². The molecule has 0 amide bonds. The van der Waals surface area contributed by atoms with Crippen molar-refractivity contribution in [3.63, 3.8) is 0 Å². The first kappa shape index (κ1) is 27.6. The summed E-state index contributed by atoms with van der Waals surface area (Å²) in [5.74, 6) is -35.4. The van der Waals surface area contributed by atoms with E-state index in [9.17, 15) is 87.9 Å². The lowest BCUT2D eigenvalue weighted by atomic mass is 9.96. The third-order valence-electron chi connectivity index (χ3n) is 3.00. The molecular weight excluding hydrogens is 490 g/mol. The molecule has 0 bridgehead atoms. The van der Waals surface area contributed by atoms with Gasteiger partial charge in [-0.1, -0.05) is 0 Å². The molecule has 0 aliphatic heterocycles. The van der Waals surface area contributed by atoms with Crippen LogP contribution in [0.3, 0.4) is 0 Å². The van der Waals surface area contributed by atoms with E-state index in [2.05, 4.69) is 0 Å². The van der Waals surface area contributed by atoms with Gasteiger partial charge >= 0.3 is 48.5 Å². The van der Waals surface area contributed by atoms with Gasteiger partial charge in [-0.25, -0.2) is 0 Å². The van der Waals surface area contributed by atoms with E-state index < -0.39 is 53.2 Å². The van der Waals surface area contributed by atoms with Crippen molar-refractivity contribution < 1.29 is 92.6 Å². The second kappa shape index (κ2) is 6.28. The Bertz CT molecular complexity index is 587. The van der Waals surface area contributed by atoms with Gasteiger partial charge in [-0.05, 0) is 0 Å². The molecule has 0 unspecified atom stereocenters. The number of rotatable bonds is 5. The number of hydrogen-bond donors (Lipinski definition) is 0. The highest BCUT2D eigenvalue weighted by molar-refractivity contribution is 5.08. The summed E-state index contributed by atoms with van der Waals surface area (Å²) < 4.78 is 241. The summed E-state index contributed by atoms with van der Waals surface area (Å²) in [5, 5.41) is 0. The van der Waals surface area contributed by atoms with Gasteiger partial charge in [-0.15, -0.1) is 35.1 Å². The predicted octanol–water partition coefficient (Wildman–Crippen LogP) is 6.42. The van der Waals surface area contributed by atoms with Crippen molar-refractivity contribution in [2.24, 2.45) is 0 Å². The molecule has 0 aliphatic carbocycles. The summed E-state index contributed by atoms with van der Waals surface area (Å²) in [6.45, 7) is 0. The Morgan fingerprint density at radius 1 is 0.345 bits per heavy atom. The molecule has 0 aromatic carbocycles. The van der Waals surface area contributed by atoms with Crippen molar-refractivity contribution in [1.29, 1.82) is 0 Å². The van der Waals surface area contributed by atoms with Crippen LogP contribution in [-0.2, 0) is 0 Å². The van der Waals surface area contributed by atoms with E-state index in [1.807, 2.05) is 0 Å². The fourth-order valence-corrected chi connectivity index (χ4v) is 1.42. The zero-order valence-electron chi connectivity index (χ0n) is 12.0. The summed E-state index contributed by atoms with van der Waals surface area (Å²) in [7, 11) is 0. The molecule has 0 spiro atoms. The Balaban J connectivity index is 7.04. The molecule has 0 heterocycles. The fourth-order valence-electron chi connectivity index (χ4n) is 1.42. The van der Waals surface area contributed by atoms with Crippen molar-refractivity contribution in [3.8, 4) is 0 Å². The van der Waals surface area contributed by atoms with E-state index in [0.717, 1.165) is 0 Å². The third-order valence-corrected chi connectivity index (χ3v) is 3.00. The van der Waals surface area contributed by atoms with Crippen molar-refractivity contribution in [2.45, 2.75) is 48.5 Å². The van der Waals surface area contributed by atoms with Gasteiger partial charge in [0.25, 0.3) is 0 Å². The Morgan fingerprint density at radius 3 is 0.793 bits per heavy atom. The maximum atomic E-state index is 13.0. The Hall–Kier alpha value is -1.44. The molecule has 0 radical (unpaired) electrons. The van der Waals surface area contributed by atoms with Gasteiger partial charge in [0.05, 0.1) is 0 Å². The fraction of sp³-hybridized carbons (Fsp3) is 1.00. The van der Waals surface area contributed by atoms with Gasteiger partial charge in [-0.3, -0.25) is 0 Å². The lowest BCUT2D eigenvalue weighted by Crippen LogP contribution is -2.79. The van der Waals surface area contributed by atoms with Crippen LogP contribution in [0.15, 0.2) is 0 Å². The molecule has 21 heteroatoms. The standard InChI is InChI=1S/C8F20N/c9-1(10,3(13,14)5(17,18)19)2(11,12)4(15,16)6(20,21)29(28,7(22,23)24)8(25,26)27/q+1. The summed E-state index contributed by atoms with van der Waals surface area (Å²) in [6.07, 6.45) is -24.7. The van der Waals surface area contributed by atoms with Crippen molar-refractivity contribution >= 4 is 0 Å². The van der Waals surface area contributed by atoms with Crippen LogP contribution >= 0.6 is 0 Å². The van der Waals surface area contributed by atoms with E-state index in [0.29, 0.717) is 0 Å². The second-order valence-electron chi connectivity index (χ2n) is 4.86. The molecule has 0 fully saturated rings. The molecule has 0 aromatic heterocycles. The van der Waals surface area contributed by atoms with E-state index in [1.165, 1.54) is 0 Å². The van der Waals surface area contributed by atoms with Gasteiger partial charge < -0.3 is 0 Å². The molecule has 0 atom stereocenters. The topological polar surface area (TPSA) is 0 Å².